The Kier molecular flexibility index (Phi) is 8.73. The molecule has 0 bridgehead atoms. The van der Waals surface area contributed by atoms with E-state index < -0.39 is 30.2 Å². The summed E-state index contributed by atoms with van der Waals surface area (Å²) in [5, 5.41) is 1.78. The number of hydrogen-bond donors (Lipinski definition) is 0. The summed E-state index contributed by atoms with van der Waals surface area (Å²) in [6.45, 7) is 6.16. The maximum absolute atomic E-state index is 12.7. The largest absolute Gasteiger partial charge is 0.457 e. The molecule has 1 aromatic heterocycles. The van der Waals surface area contributed by atoms with E-state index in [2.05, 4.69) is 20.8 Å². The number of carbonyl (C=O) groups is 4. The summed E-state index contributed by atoms with van der Waals surface area (Å²) in [5.41, 5.74) is 2.22. The predicted molar refractivity (Wildman–Crippen MR) is 163 cm³/mol. The van der Waals surface area contributed by atoms with Crippen LogP contribution in [0.2, 0.25) is 0 Å². The van der Waals surface area contributed by atoms with E-state index in [0.29, 0.717) is 33.4 Å². The highest BCUT2D eigenvalue weighted by Crippen LogP contribution is 2.30. The highest BCUT2D eigenvalue weighted by atomic mass is 32.1. The number of ketones is 1. The van der Waals surface area contributed by atoms with Gasteiger partial charge in [-0.1, -0.05) is 39.0 Å². The first-order valence-electron chi connectivity index (χ1n) is 13.8. The van der Waals surface area contributed by atoms with Gasteiger partial charge in [-0.05, 0) is 83.1 Å². The number of carbonyl (C=O) groups excluding carboxylic acids is 4. The Morgan fingerprint density at radius 2 is 1.49 bits per heavy atom. The van der Waals surface area contributed by atoms with Crippen molar-refractivity contribution < 1.29 is 33.4 Å². The monoisotopic (exact) mass is 597 g/mol. The second-order valence-electron chi connectivity index (χ2n) is 11.2. The van der Waals surface area contributed by atoms with Gasteiger partial charge in [0.25, 0.3) is 0 Å². The quantitative estimate of drug-likeness (QED) is 0.118. The van der Waals surface area contributed by atoms with Crippen LogP contribution in [-0.4, -0.2) is 36.8 Å². The van der Waals surface area contributed by atoms with E-state index in [9.17, 15) is 19.2 Å². The topological polar surface area (TPSA) is 99.2 Å². The molecule has 0 aliphatic carbocycles. The smallest absolute Gasteiger partial charge is 0.353 e. The Balaban J connectivity index is 1.10. The van der Waals surface area contributed by atoms with Gasteiger partial charge in [-0.2, -0.15) is 0 Å². The van der Waals surface area contributed by atoms with Crippen molar-refractivity contribution in [1.29, 1.82) is 0 Å². The zero-order valence-corrected chi connectivity index (χ0v) is 24.9. The van der Waals surface area contributed by atoms with Crippen LogP contribution >= 0.6 is 11.3 Å². The van der Waals surface area contributed by atoms with Gasteiger partial charge in [0.2, 0.25) is 5.91 Å². The molecule has 0 saturated carbocycles. The Hall–Kier alpha value is -4.76. The molecule has 220 valence electrons. The first-order chi connectivity index (χ1) is 20.6. The summed E-state index contributed by atoms with van der Waals surface area (Å²) in [6, 6.07) is 24.5. The first kappa shape index (κ1) is 29.7. The van der Waals surface area contributed by atoms with Gasteiger partial charge < -0.3 is 19.1 Å². The van der Waals surface area contributed by atoms with Gasteiger partial charge in [-0.15, -0.1) is 11.3 Å². The molecule has 8 nitrogen and oxygen atoms in total. The molecule has 43 heavy (non-hydrogen) atoms. The third-order valence-electron chi connectivity index (χ3n) is 7.02. The van der Waals surface area contributed by atoms with E-state index in [1.54, 1.807) is 41.8 Å². The minimum Gasteiger partial charge on any atom is -0.457 e. The van der Waals surface area contributed by atoms with E-state index in [1.807, 2.05) is 24.3 Å². The van der Waals surface area contributed by atoms with Crippen molar-refractivity contribution >= 4 is 40.7 Å². The average molecular weight is 598 g/mol. The number of Topliss-reactive ketones (excluding diaryl/α,β-unsaturated/α-hetero) is 1. The van der Waals surface area contributed by atoms with E-state index in [4.69, 9.17) is 14.2 Å². The van der Waals surface area contributed by atoms with Crippen LogP contribution in [0.5, 0.6) is 17.2 Å². The van der Waals surface area contributed by atoms with Gasteiger partial charge in [0.15, 0.2) is 12.4 Å². The molecule has 1 aliphatic heterocycles. The molecule has 1 atom stereocenters. The number of rotatable bonds is 9. The fraction of sp³-hybridized carbons (Fsp3) is 0.235. The number of amides is 1. The molecular weight excluding hydrogens is 566 g/mol. The van der Waals surface area contributed by atoms with Gasteiger partial charge in [0.05, 0.1) is 5.92 Å². The van der Waals surface area contributed by atoms with Crippen molar-refractivity contribution in [2.45, 2.75) is 32.6 Å². The molecule has 1 aliphatic rings. The number of thiophene rings is 1. The summed E-state index contributed by atoms with van der Waals surface area (Å²) in [7, 11) is 0. The highest BCUT2D eigenvalue weighted by molar-refractivity contribution is 7.12. The first-order valence-corrected chi connectivity index (χ1v) is 14.7. The van der Waals surface area contributed by atoms with Gasteiger partial charge in [0, 0.05) is 24.2 Å². The molecule has 0 radical (unpaired) electrons. The van der Waals surface area contributed by atoms with E-state index in [-0.39, 0.29) is 24.3 Å². The van der Waals surface area contributed by atoms with E-state index >= 15 is 0 Å². The normalized spacial score (nSPS) is 14.8. The lowest BCUT2D eigenvalue weighted by atomic mass is 9.87. The van der Waals surface area contributed by atoms with Crippen molar-refractivity contribution in [3.05, 3.63) is 106 Å². The summed E-state index contributed by atoms with van der Waals surface area (Å²) in [5.74, 6) is -0.742. The second-order valence-corrected chi connectivity index (χ2v) is 12.1. The van der Waals surface area contributed by atoms with Crippen LogP contribution in [0.15, 0.2) is 90.3 Å². The zero-order valence-electron chi connectivity index (χ0n) is 24.1. The third-order valence-corrected chi connectivity index (χ3v) is 7.87. The lowest BCUT2D eigenvalue weighted by Gasteiger charge is -2.19. The Morgan fingerprint density at radius 3 is 2.09 bits per heavy atom. The van der Waals surface area contributed by atoms with Gasteiger partial charge in [-0.25, -0.2) is 4.79 Å². The fourth-order valence-corrected chi connectivity index (χ4v) is 5.17. The van der Waals surface area contributed by atoms with Crippen molar-refractivity contribution in [2.24, 2.45) is 5.92 Å². The summed E-state index contributed by atoms with van der Waals surface area (Å²) >= 11 is 1.27. The number of hydrogen-bond acceptors (Lipinski definition) is 8. The Labute approximate surface area is 253 Å². The lowest BCUT2D eigenvalue weighted by molar-refractivity contribution is -0.147. The number of esters is 2. The van der Waals surface area contributed by atoms with Crippen LogP contribution < -0.4 is 14.4 Å². The van der Waals surface area contributed by atoms with Gasteiger partial charge >= 0.3 is 11.9 Å². The molecular formula is C34H31NO7S. The molecule has 1 amide bonds. The minimum absolute atomic E-state index is 0.00426. The lowest BCUT2D eigenvalue weighted by Crippen LogP contribution is -2.27. The fourth-order valence-electron chi connectivity index (χ4n) is 4.57. The Bertz CT molecular complexity index is 1600. The van der Waals surface area contributed by atoms with Crippen molar-refractivity contribution in [3.8, 4) is 17.2 Å². The molecule has 0 N–H and O–H groups in total. The molecule has 2 heterocycles. The van der Waals surface area contributed by atoms with Crippen molar-refractivity contribution in [2.75, 3.05) is 18.1 Å². The zero-order chi connectivity index (χ0) is 30.6. The number of ether oxygens (including phenoxy) is 3. The van der Waals surface area contributed by atoms with Crippen LogP contribution in [0.1, 0.15) is 52.8 Å². The molecule has 0 unspecified atom stereocenters. The van der Waals surface area contributed by atoms with Gasteiger partial charge in [0.1, 0.15) is 22.1 Å². The minimum atomic E-state index is -0.684. The standard InChI is InChI=1S/C34H31NO7S/c1-34(2,3)24-8-14-26(15-9-24)41-27-16-10-25(11-17-27)35-20-23(19-31(35)37)32(38)40-21-29(36)22-6-12-28(13-7-22)42-33(39)30-5-4-18-43-30/h4-18,23H,19-21H2,1-3H3/t23-/m1/s1. The van der Waals surface area contributed by atoms with Crippen LogP contribution in [0.25, 0.3) is 0 Å². The maximum Gasteiger partial charge on any atom is 0.353 e. The molecule has 9 heteroatoms. The molecule has 0 spiro atoms. The average Bonchev–Trinajstić information content (AvgIpc) is 3.67. The van der Waals surface area contributed by atoms with Crippen LogP contribution in [0.3, 0.4) is 0 Å². The van der Waals surface area contributed by atoms with Crippen molar-refractivity contribution in [3.63, 3.8) is 0 Å². The van der Waals surface area contributed by atoms with Crippen LogP contribution in [0.4, 0.5) is 5.69 Å². The summed E-state index contributed by atoms with van der Waals surface area (Å²) in [6.07, 6.45) is -0.00426. The Morgan fingerprint density at radius 1 is 0.860 bits per heavy atom. The second kappa shape index (κ2) is 12.6. The SMILES string of the molecule is CC(C)(C)c1ccc(Oc2ccc(N3C[C@H](C(=O)OCC(=O)c4ccc(OC(=O)c5cccs5)cc4)CC3=O)cc2)cc1. The molecule has 5 rings (SSSR count). The number of nitrogens with zero attached hydrogens (tertiary/aromatic N) is 1. The van der Waals surface area contributed by atoms with E-state index in [1.165, 1.54) is 46.1 Å². The van der Waals surface area contributed by atoms with Gasteiger partial charge in [-0.3, -0.25) is 14.4 Å². The summed E-state index contributed by atoms with van der Waals surface area (Å²) in [4.78, 5) is 52.1. The molecule has 4 aromatic rings. The molecule has 1 fully saturated rings. The predicted octanol–water partition coefficient (Wildman–Crippen LogP) is 6.84. The van der Waals surface area contributed by atoms with E-state index in [0.717, 1.165) is 0 Å². The van der Waals surface area contributed by atoms with Crippen molar-refractivity contribution in [1.82, 2.24) is 0 Å². The number of benzene rings is 3. The summed E-state index contributed by atoms with van der Waals surface area (Å²) < 4.78 is 16.5. The third kappa shape index (κ3) is 7.37. The van der Waals surface area contributed by atoms with Crippen LogP contribution in [-0.2, 0) is 19.7 Å². The highest BCUT2D eigenvalue weighted by Gasteiger charge is 2.36. The van der Waals surface area contributed by atoms with Crippen LogP contribution in [0, 0.1) is 5.92 Å². The molecule has 3 aromatic carbocycles. The molecule has 1 saturated heterocycles. The maximum atomic E-state index is 12.7. The number of anilines is 1.